The van der Waals surface area contributed by atoms with Gasteiger partial charge >= 0.3 is 11.9 Å². The summed E-state index contributed by atoms with van der Waals surface area (Å²) in [6.45, 7) is 17.1. The molecule has 0 amide bonds. The van der Waals surface area contributed by atoms with Crippen molar-refractivity contribution >= 4 is 11.9 Å². The van der Waals surface area contributed by atoms with Gasteiger partial charge in [0.25, 0.3) is 0 Å². The fourth-order valence-electron chi connectivity index (χ4n) is 6.12. The number of rotatable bonds is 34. The summed E-state index contributed by atoms with van der Waals surface area (Å²) in [7, 11) is 4.22. The lowest BCUT2D eigenvalue weighted by molar-refractivity contribution is -0.155. The van der Waals surface area contributed by atoms with Crippen LogP contribution in [-0.2, 0) is 19.1 Å². The third-order valence-electron chi connectivity index (χ3n) is 9.98. The highest BCUT2D eigenvalue weighted by Gasteiger charge is 2.29. The number of ether oxygens (including phenoxy) is 2. The van der Waals surface area contributed by atoms with Crippen LogP contribution in [0, 0.1) is 10.8 Å². The molecule has 0 saturated heterocycles. The van der Waals surface area contributed by atoms with Gasteiger partial charge in [0.05, 0.1) is 16.9 Å². The summed E-state index contributed by atoms with van der Waals surface area (Å²) < 4.78 is 11.3. The molecule has 0 rings (SSSR count). The van der Waals surface area contributed by atoms with Crippen molar-refractivity contribution in [1.82, 2.24) is 9.80 Å². The van der Waals surface area contributed by atoms with E-state index in [1.165, 1.54) is 77.0 Å². The summed E-state index contributed by atoms with van der Waals surface area (Å²) in [4.78, 5) is 29.9. The van der Waals surface area contributed by atoms with Crippen LogP contribution in [0.5, 0.6) is 0 Å². The Kier molecular flexibility index (Phi) is 28.8. The Morgan fingerprint density at radius 2 is 0.854 bits per heavy atom. The fourth-order valence-corrected chi connectivity index (χ4v) is 6.12. The first-order valence-electron chi connectivity index (χ1n) is 20.2. The van der Waals surface area contributed by atoms with Gasteiger partial charge < -0.3 is 24.4 Å². The van der Waals surface area contributed by atoms with Gasteiger partial charge in [-0.15, -0.1) is 0 Å². The predicted octanol–water partition coefficient (Wildman–Crippen LogP) is 9.97. The molecule has 0 heterocycles. The molecule has 0 unspecified atom stereocenters. The second kappa shape index (κ2) is 29.5. The smallest absolute Gasteiger partial charge is 0.311 e. The van der Waals surface area contributed by atoms with Crippen molar-refractivity contribution < 1.29 is 24.2 Å². The minimum Gasteiger partial charge on any atom is -0.464 e. The lowest BCUT2D eigenvalue weighted by Gasteiger charge is -2.24. The Balaban J connectivity index is 3.90. The van der Waals surface area contributed by atoms with Gasteiger partial charge in [-0.25, -0.2) is 0 Å². The minimum atomic E-state index is -0.472. The molecule has 7 heteroatoms. The predicted molar refractivity (Wildman–Crippen MR) is 203 cm³/mol. The molecular weight excluding hydrogens is 600 g/mol. The van der Waals surface area contributed by atoms with E-state index in [1.807, 2.05) is 27.7 Å². The zero-order chi connectivity index (χ0) is 36.1. The van der Waals surface area contributed by atoms with Crippen LogP contribution in [0.2, 0.25) is 0 Å². The molecule has 0 aliphatic heterocycles. The maximum absolute atomic E-state index is 12.7. The molecule has 0 radical (unpaired) electrons. The van der Waals surface area contributed by atoms with Crippen molar-refractivity contribution in [3.63, 3.8) is 0 Å². The fraction of sp³-hybridized carbons (Fsp3) is 0.951. The number of nitrogens with zero attached hydrogens (tertiary/aromatic N) is 2. The van der Waals surface area contributed by atoms with Crippen LogP contribution in [0.15, 0.2) is 0 Å². The van der Waals surface area contributed by atoms with Gasteiger partial charge in [-0.1, -0.05) is 117 Å². The van der Waals surface area contributed by atoms with Crippen molar-refractivity contribution in [3.8, 4) is 0 Å². The molecular formula is C41H82N2O5. The van der Waals surface area contributed by atoms with Gasteiger partial charge in [0.15, 0.2) is 0 Å². The number of esters is 2. The molecule has 0 aromatic carbocycles. The van der Waals surface area contributed by atoms with Crippen LogP contribution in [0.25, 0.3) is 0 Å². The molecule has 286 valence electrons. The average Bonchev–Trinajstić information content (AvgIpc) is 3.03. The van der Waals surface area contributed by atoms with Gasteiger partial charge in [-0.2, -0.15) is 0 Å². The second-order valence-corrected chi connectivity index (χ2v) is 16.0. The SMILES string of the molecule is CCCCCCCCN(C)CCOC(=O)C(C)(C)CCCCCC(O)CCCCCC(C)(C)C(=O)OCCN(C)CCCCCCCC. The van der Waals surface area contributed by atoms with Crippen LogP contribution in [-0.4, -0.2) is 86.4 Å². The van der Waals surface area contributed by atoms with Crippen LogP contribution >= 0.6 is 0 Å². The summed E-state index contributed by atoms with van der Waals surface area (Å²) in [6.07, 6.45) is 24.4. The number of unbranched alkanes of at least 4 members (excludes halogenated alkanes) is 14. The molecule has 48 heavy (non-hydrogen) atoms. The Labute approximate surface area is 298 Å². The van der Waals surface area contributed by atoms with Crippen LogP contribution in [0.4, 0.5) is 0 Å². The first-order chi connectivity index (χ1) is 22.9. The first-order valence-corrected chi connectivity index (χ1v) is 20.2. The van der Waals surface area contributed by atoms with Crippen molar-refractivity contribution in [2.24, 2.45) is 10.8 Å². The van der Waals surface area contributed by atoms with E-state index in [-0.39, 0.29) is 18.0 Å². The van der Waals surface area contributed by atoms with Gasteiger partial charge in [-0.3, -0.25) is 9.59 Å². The van der Waals surface area contributed by atoms with E-state index in [9.17, 15) is 14.7 Å². The Morgan fingerprint density at radius 3 is 1.23 bits per heavy atom. The van der Waals surface area contributed by atoms with E-state index in [4.69, 9.17) is 9.47 Å². The summed E-state index contributed by atoms with van der Waals surface area (Å²) in [6, 6.07) is 0. The molecule has 0 bridgehead atoms. The number of hydrogen-bond donors (Lipinski definition) is 1. The number of carbonyl (C=O) groups excluding carboxylic acids is 2. The van der Waals surface area contributed by atoms with Crippen molar-refractivity contribution in [2.75, 3.05) is 53.5 Å². The molecule has 0 aliphatic carbocycles. The standard InChI is InChI=1S/C41H82N2O5/c1-9-11-13-15-17-25-31-42(7)33-35-47-38(45)40(3,4)29-23-19-21-27-37(44)28-22-20-24-30-41(5,6)39(46)48-36-34-43(8)32-26-18-16-14-12-10-2/h37,44H,9-36H2,1-8H3. The topological polar surface area (TPSA) is 79.3 Å². The van der Waals surface area contributed by atoms with Gasteiger partial charge in [0.1, 0.15) is 13.2 Å². The average molecular weight is 683 g/mol. The van der Waals surface area contributed by atoms with Crippen LogP contribution in [0.1, 0.15) is 183 Å². The highest BCUT2D eigenvalue weighted by molar-refractivity contribution is 5.76. The highest BCUT2D eigenvalue weighted by Crippen LogP contribution is 2.27. The molecule has 0 saturated carbocycles. The van der Waals surface area contributed by atoms with Crippen molar-refractivity contribution in [2.45, 2.75) is 189 Å². The number of carbonyl (C=O) groups is 2. The third-order valence-corrected chi connectivity index (χ3v) is 9.98. The zero-order valence-corrected chi connectivity index (χ0v) is 33.4. The maximum atomic E-state index is 12.7. The maximum Gasteiger partial charge on any atom is 0.311 e. The van der Waals surface area contributed by atoms with Crippen molar-refractivity contribution in [1.29, 1.82) is 0 Å². The van der Waals surface area contributed by atoms with E-state index in [0.29, 0.717) is 13.2 Å². The molecule has 0 aromatic heterocycles. The monoisotopic (exact) mass is 683 g/mol. The quantitative estimate of drug-likeness (QED) is 0.0535. The minimum absolute atomic E-state index is 0.0988. The largest absolute Gasteiger partial charge is 0.464 e. The van der Waals surface area contributed by atoms with Gasteiger partial charge in [0, 0.05) is 13.1 Å². The molecule has 7 nitrogen and oxygen atoms in total. The van der Waals surface area contributed by atoms with E-state index in [0.717, 1.165) is 90.4 Å². The number of aliphatic hydroxyl groups excluding tert-OH is 1. The number of aliphatic hydroxyl groups is 1. The molecule has 0 atom stereocenters. The molecule has 1 N–H and O–H groups in total. The van der Waals surface area contributed by atoms with Gasteiger partial charge in [-0.05, 0) is 93.4 Å². The van der Waals surface area contributed by atoms with Crippen LogP contribution < -0.4 is 0 Å². The first kappa shape index (κ1) is 46.8. The lowest BCUT2D eigenvalue weighted by atomic mass is 9.86. The summed E-state index contributed by atoms with van der Waals surface area (Å²) in [5, 5.41) is 10.5. The summed E-state index contributed by atoms with van der Waals surface area (Å²) in [5.74, 6) is -0.198. The Hall–Kier alpha value is -1.18. The van der Waals surface area contributed by atoms with Crippen molar-refractivity contribution in [3.05, 3.63) is 0 Å². The molecule has 0 spiro atoms. The summed E-state index contributed by atoms with van der Waals surface area (Å²) >= 11 is 0. The van der Waals surface area contributed by atoms with Gasteiger partial charge in [0.2, 0.25) is 0 Å². The third kappa shape index (κ3) is 26.7. The normalized spacial score (nSPS) is 12.4. The van der Waals surface area contributed by atoms with E-state index >= 15 is 0 Å². The molecule has 0 aromatic rings. The molecule has 0 fully saturated rings. The second-order valence-electron chi connectivity index (χ2n) is 16.0. The zero-order valence-electron chi connectivity index (χ0n) is 33.4. The number of likely N-dealkylation sites (N-methyl/N-ethyl adjacent to an activating group) is 2. The molecule has 0 aliphatic rings. The summed E-state index contributed by atoms with van der Waals surface area (Å²) in [5.41, 5.74) is -0.944. The Bertz CT molecular complexity index is 710. The highest BCUT2D eigenvalue weighted by atomic mass is 16.5. The van der Waals surface area contributed by atoms with E-state index in [1.54, 1.807) is 0 Å². The number of hydrogen-bond acceptors (Lipinski definition) is 7. The van der Waals surface area contributed by atoms with E-state index in [2.05, 4.69) is 37.7 Å². The Morgan fingerprint density at radius 1 is 0.521 bits per heavy atom. The lowest BCUT2D eigenvalue weighted by Crippen LogP contribution is -2.31. The van der Waals surface area contributed by atoms with E-state index < -0.39 is 10.8 Å². The van der Waals surface area contributed by atoms with Crippen LogP contribution in [0.3, 0.4) is 0 Å².